The largest absolute Gasteiger partial charge is 0.423 e. The summed E-state index contributed by atoms with van der Waals surface area (Å²) >= 11 is 0. The van der Waals surface area contributed by atoms with Gasteiger partial charge in [-0.2, -0.15) is 0 Å². The summed E-state index contributed by atoms with van der Waals surface area (Å²) in [7, 11) is 0. The first-order valence-electron chi connectivity index (χ1n) is 8.28. The highest BCUT2D eigenvalue weighted by Crippen LogP contribution is 2.26. The van der Waals surface area contributed by atoms with E-state index in [4.69, 9.17) is 4.42 Å². The number of hydrogen-bond acceptors (Lipinski definition) is 4. The zero-order chi connectivity index (χ0) is 16.5. The van der Waals surface area contributed by atoms with E-state index in [2.05, 4.69) is 40.5 Å². The number of hydrogen-bond donors (Lipinski definition) is 1. The van der Waals surface area contributed by atoms with Crippen molar-refractivity contribution in [2.24, 2.45) is 0 Å². The predicted octanol–water partition coefficient (Wildman–Crippen LogP) is 3.63. The maximum absolute atomic E-state index is 12.0. The molecule has 0 radical (unpaired) electrons. The van der Waals surface area contributed by atoms with Gasteiger partial charge in [-0.3, -0.25) is 0 Å². The van der Waals surface area contributed by atoms with Crippen molar-refractivity contribution in [1.29, 1.82) is 0 Å². The molecular weight excluding hydrogens is 336 g/mol. The molecule has 0 saturated heterocycles. The van der Waals surface area contributed by atoms with Crippen LogP contribution in [-0.4, -0.2) is 13.1 Å². The molecule has 1 N–H and O–H groups in total. The van der Waals surface area contributed by atoms with Gasteiger partial charge < -0.3 is 14.6 Å². The number of anilines is 1. The first-order chi connectivity index (χ1) is 11.7. The molecule has 0 atom stereocenters. The van der Waals surface area contributed by atoms with Crippen molar-refractivity contribution < 1.29 is 4.42 Å². The summed E-state index contributed by atoms with van der Waals surface area (Å²) in [5, 5.41) is 4.46. The van der Waals surface area contributed by atoms with Gasteiger partial charge in [-0.25, -0.2) is 4.79 Å². The molecule has 0 fully saturated rings. The fraction of sp³-hybridized carbons (Fsp3) is 0.250. The van der Waals surface area contributed by atoms with Crippen molar-refractivity contribution in [1.82, 2.24) is 5.32 Å². The molecule has 0 saturated carbocycles. The van der Waals surface area contributed by atoms with Crippen molar-refractivity contribution in [3.63, 3.8) is 0 Å². The van der Waals surface area contributed by atoms with Crippen molar-refractivity contribution in [2.75, 3.05) is 18.0 Å². The summed E-state index contributed by atoms with van der Waals surface area (Å²) in [5.41, 5.74) is 5.00. The second-order valence-electron chi connectivity index (χ2n) is 6.32. The van der Waals surface area contributed by atoms with E-state index in [-0.39, 0.29) is 18.0 Å². The highest BCUT2D eigenvalue weighted by Gasteiger charge is 2.16. The van der Waals surface area contributed by atoms with E-state index in [1.54, 1.807) is 6.07 Å². The van der Waals surface area contributed by atoms with Gasteiger partial charge in [0, 0.05) is 43.3 Å². The van der Waals surface area contributed by atoms with Crippen LogP contribution in [0.2, 0.25) is 0 Å². The molecule has 25 heavy (non-hydrogen) atoms. The molecule has 0 amide bonds. The third kappa shape index (κ3) is 3.55. The lowest BCUT2D eigenvalue weighted by atomic mass is 10.1. The predicted molar refractivity (Wildman–Crippen MR) is 104 cm³/mol. The summed E-state index contributed by atoms with van der Waals surface area (Å²) in [6.45, 7) is 5.41. The van der Waals surface area contributed by atoms with Crippen LogP contribution in [0.4, 0.5) is 5.69 Å². The van der Waals surface area contributed by atoms with Crippen LogP contribution in [0.25, 0.3) is 11.0 Å². The van der Waals surface area contributed by atoms with Crippen molar-refractivity contribution in [3.05, 3.63) is 75.6 Å². The fourth-order valence-electron chi connectivity index (χ4n) is 3.36. The van der Waals surface area contributed by atoms with E-state index < -0.39 is 0 Å². The minimum atomic E-state index is -0.288. The maximum Gasteiger partial charge on any atom is 0.336 e. The lowest BCUT2D eigenvalue weighted by molar-refractivity contribution is 0.558. The van der Waals surface area contributed by atoms with Gasteiger partial charge in [0.1, 0.15) is 5.58 Å². The first-order valence-corrected chi connectivity index (χ1v) is 8.28. The number of nitrogens with zero attached hydrogens (tertiary/aromatic N) is 1. The van der Waals surface area contributed by atoms with Gasteiger partial charge in [-0.1, -0.05) is 30.3 Å². The Morgan fingerprint density at radius 1 is 1.16 bits per heavy atom. The zero-order valence-electron chi connectivity index (χ0n) is 14.1. The number of halogens is 1. The molecule has 4 rings (SSSR count). The van der Waals surface area contributed by atoms with Crippen LogP contribution in [0.15, 0.2) is 57.7 Å². The Morgan fingerprint density at radius 3 is 2.88 bits per heavy atom. The van der Waals surface area contributed by atoms with Gasteiger partial charge in [-0.15, -0.1) is 12.4 Å². The van der Waals surface area contributed by atoms with Gasteiger partial charge >= 0.3 is 5.63 Å². The van der Waals surface area contributed by atoms with E-state index in [1.807, 2.05) is 19.1 Å². The highest BCUT2D eigenvalue weighted by molar-refractivity contribution is 5.85. The van der Waals surface area contributed by atoms with E-state index in [1.165, 1.54) is 11.3 Å². The number of aryl methyl sites for hydroxylation is 1. The summed E-state index contributed by atoms with van der Waals surface area (Å²) in [4.78, 5) is 14.3. The molecule has 2 aromatic carbocycles. The molecular formula is C20H21ClN2O2. The molecule has 2 heterocycles. The van der Waals surface area contributed by atoms with Crippen molar-refractivity contribution in [3.8, 4) is 0 Å². The van der Waals surface area contributed by atoms with E-state index in [9.17, 15) is 4.79 Å². The summed E-state index contributed by atoms with van der Waals surface area (Å²) < 4.78 is 5.38. The summed E-state index contributed by atoms with van der Waals surface area (Å²) in [6.07, 6.45) is 0. The van der Waals surface area contributed by atoms with Crippen LogP contribution in [0.3, 0.4) is 0 Å². The number of para-hydroxylation sites is 1. The number of fused-ring (bicyclic) bond motifs is 2. The number of benzene rings is 2. The Balaban J connectivity index is 0.00000182. The van der Waals surface area contributed by atoms with E-state index in [0.29, 0.717) is 12.1 Å². The lowest BCUT2D eigenvalue weighted by Gasteiger charge is -2.25. The third-order valence-electron chi connectivity index (χ3n) is 4.55. The first kappa shape index (κ1) is 17.5. The molecule has 0 unspecified atom stereocenters. The molecule has 1 aliphatic heterocycles. The Hall–Kier alpha value is -2.30. The number of nitrogens with one attached hydrogen (secondary N) is 1. The molecule has 0 spiro atoms. The van der Waals surface area contributed by atoms with Gasteiger partial charge in [0.2, 0.25) is 0 Å². The molecule has 1 aliphatic rings. The molecule has 5 heteroatoms. The molecule has 1 aromatic heterocycles. The Morgan fingerprint density at radius 2 is 2.00 bits per heavy atom. The second-order valence-corrected chi connectivity index (χ2v) is 6.32. The Bertz CT molecular complexity index is 952. The average Bonchev–Trinajstić information content (AvgIpc) is 2.77. The van der Waals surface area contributed by atoms with Gasteiger partial charge in [-0.05, 0) is 35.7 Å². The minimum absolute atomic E-state index is 0. The number of rotatable bonds is 2. The average molecular weight is 357 g/mol. The fourth-order valence-corrected chi connectivity index (χ4v) is 3.36. The highest BCUT2D eigenvalue weighted by atomic mass is 35.5. The lowest BCUT2D eigenvalue weighted by Crippen LogP contribution is -2.28. The van der Waals surface area contributed by atoms with Crippen LogP contribution in [-0.2, 0) is 13.1 Å². The molecule has 4 nitrogen and oxygen atoms in total. The normalized spacial score (nSPS) is 13.9. The van der Waals surface area contributed by atoms with Crippen LogP contribution < -0.4 is 15.8 Å². The third-order valence-corrected chi connectivity index (χ3v) is 4.55. The van der Waals surface area contributed by atoms with Crippen LogP contribution in [0.5, 0.6) is 0 Å². The SMILES string of the molecule is Cc1ccc2c(CN3CCNCc4ccccc43)cc(=O)oc2c1.Cl. The standard InChI is InChI=1S/C20H20N2O2.ClH/c1-14-6-7-17-16(11-20(23)24-19(17)10-14)13-22-9-8-21-12-15-4-2-3-5-18(15)22;/h2-7,10-11,21H,8-9,12-13H2,1H3;1H. The van der Waals surface area contributed by atoms with Crippen LogP contribution >= 0.6 is 12.4 Å². The van der Waals surface area contributed by atoms with Gasteiger partial charge in [0.25, 0.3) is 0 Å². The molecule has 130 valence electrons. The molecule has 3 aromatic rings. The topological polar surface area (TPSA) is 45.5 Å². The Labute approximate surface area is 152 Å². The van der Waals surface area contributed by atoms with Crippen molar-refractivity contribution >= 4 is 29.1 Å². The van der Waals surface area contributed by atoms with Crippen LogP contribution in [0, 0.1) is 6.92 Å². The monoisotopic (exact) mass is 356 g/mol. The molecule has 0 bridgehead atoms. The van der Waals surface area contributed by atoms with Crippen LogP contribution in [0.1, 0.15) is 16.7 Å². The van der Waals surface area contributed by atoms with Crippen molar-refractivity contribution in [2.45, 2.75) is 20.0 Å². The minimum Gasteiger partial charge on any atom is -0.423 e. The van der Waals surface area contributed by atoms with E-state index >= 15 is 0 Å². The van der Waals surface area contributed by atoms with E-state index in [0.717, 1.165) is 36.1 Å². The van der Waals surface area contributed by atoms with Gasteiger partial charge in [0.05, 0.1) is 0 Å². The quantitative estimate of drug-likeness (QED) is 0.712. The smallest absolute Gasteiger partial charge is 0.336 e. The Kier molecular flexibility index (Phi) is 5.11. The summed E-state index contributed by atoms with van der Waals surface area (Å²) in [6, 6.07) is 16.1. The second kappa shape index (κ2) is 7.30. The molecule has 0 aliphatic carbocycles. The summed E-state index contributed by atoms with van der Waals surface area (Å²) in [5.74, 6) is 0. The maximum atomic E-state index is 12.0. The zero-order valence-corrected chi connectivity index (χ0v) is 14.9. The van der Waals surface area contributed by atoms with Gasteiger partial charge in [0.15, 0.2) is 0 Å².